The van der Waals surface area contributed by atoms with Crippen LogP contribution in [0.25, 0.3) is 31.7 Å². The van der Waals surface area contributed by atoms with Crippen molar-refractivity contribution >= 4 is 48.4 Å². The summed E-state index contributed by atoms with van der Waals surface area (Å²) in [6.07, 6.45) is 2.09. The minimum Gasteiger partial charge on any atom is -0.351 e. The van der Waals surface area contributed by atoms with Crippen molar-refractivity contribution in [3.05, 3.63) is 53.1 Å². The van der Waals surface area contributed by atoms with Crippen LogP contribution in [-0.4, -0.2) is 9.55 Å². The molecule has 0 radical (unpaired) electrons. The summed E-state index contributed by atoms with van der Waals surface area (Å²) in [7, 11) is 2.07. The largest absolute Gasteiger partial charge is 0.351 e. The fourth-order valence-electron chi connectivity index (χ4n) is 2.44. The quantitative estimate of drug-likeness (QED) is 0.463. The molecule has 0 atom stereocenters. The van der Waals surface area contributed by atoms with Crippen LogP contribution in [0.5, 0.6) is 0 Å². The average Bonchev–Trinajstić information content (AvgIpc) is 3.02. The summed E-state index contributed by atoms with van der Waals surface area (Å²) < 4.78 is 4.44. The lowest BCUT2D eigenvalue weighted by Crippen LogP contribution is -1.83. The van der Waals surface area contributed by atoms with Crippen LogP contribution in [-0.2, 0) is 7.05 Å². The lowest BCUT2D eigenvalue weighted by molar-refractivity contribution is 0.969. The zero-order valence-corrected chi connectivity index (χ0v) is 13.2. The minimum absolute atomic E-state index is 1.06. The van der Waals surface area contributed by atoms with E-state index in [1.54, 1.807) is 11.3 Å². The molecular formula is C16H11BrN2S. The fourth-order valence-corrected chi connectivity index (χ4v) is 3.95. The van der Waals surface area contributed by atoms with Gasteiger partial charge in [-0.25, -0.2) is 4.98 Å². The Morgan fingerprint density at radius 2 is 2.00 bits per heavy atom. The number of benzene rings is 2. The highest BCUT2D eigenvalue weighted by Gasteiger charge is 2.08. The van der Waals surface area contributed by atoms with Crippen LogP contribution in [0.3, 0.4) is 0 Å². The van der Waals surface area contributed by atoms with Gasteiger partial charge in [-0.05, 0) is 42.5 Å². The summed E-state index contributed by atoms with van der Waals surface area (Å²) in [5.41, 5.74) is 3.49. The first-order valence-corrected chi connectivity index (χ1v) is 7.93. The van der Waals surface area contributed by atoms with Gasteiger partial charge in [-0.15, -0.1) is 11.3 Å². The Morgan fingerprint density at radius 1 is 1.10 bits per heavy atom. The first kappa shape index (κ1) is 12.1. The molecule has 0 fully saturated rings. The summed E-state index contributed by atoms with van der Waals surface area (Å²) in [5.74, 6) is 0. The molecule has 0 spiro atoms. The van der Waals surface area contributed by atoms with Crippen LogP contribution < -0.4 is 0 Å². The number of fused-ring (bicyclic) bond motifs is 2. The van der Waals surface area contributed by atoms with Crippen LogP contribution in [0, 0.1) is 0 Å². The summed E-state index contributed by atoms with van der Waals surface area (Å²) in [6, 6.07) is 14.9. The Kier molecular flexibility index (Phi) is 2.69. The zero-order chi connectivity index (χ0) is 13.7. The number of hydrogen-bond acceptors (Lipinski definition) is 2. The van der Waals surface area contributed by atoms with Crippen molar-refractivity contribution in [2.24, 2.45) is 7.05 Å². The Morgan fingerprint density at radius 3 is 2.90 bits per heavy atom. The Labute approximate surface area is 128 Å². The molecule has 0 bridgehead atoms. The van der Waals surface area contributed by atoms with Gasteiger partial charge in [0.15, 0.2) is 0 Å². The van der Waals surface area contributed by atoms with Gasteiger partial charge in [-0.3, -0.25) is 0 Å². The standard InChI is InChI=1S/C16H11BrN2S/c1-19-7-6-10-8-11(2-5-14(10)19)16-18-13-4-3-12(17)9-15(13)20-16/h2-9H,1H3. The van der Waals surface area contributed by atoms with Crippen molar-refractivity contribution in [2.75, 3.05) is 0 Å². The molecular weight excluding hydrogens is 332 g/mol. The molecule has 0 saturated heterocycles. The molecule has 0 saturated carbocycles. The first-order chi connectivity index (χ1) is 9.70. The van der Waals surface area contributed by atoms with Gasteiger partial charge in [0.25, 0.3) is 0 Å². The van der Waals surface area contributed by atoms with E-state index in [0.717, 1.165) is 15.0 Å². The number of nitrogens with zero attached hydrogens (tertiary/aromatic N) is 2. The van der Waals surface area contributed by atoms with E-state index in [0.29, 0.717) is 0 Å². The van der Waals surface area contributed by atoms with Crippen molar-refractivity contribution in [2.45, 2.75) is 0 Å². The predicted molar refractivity (Wildman–Crippen MR) is 89.2 cm³/mol. The molecule has 2 heterocycles. The van der Waals surface area contributed by atoms with E-state index in [9.17, 15) is 0 Å². The van der Waals surface area contributed by atoms with E-state index in [2.05, 4.69) is 70.1 Å². The summed E-state index contributed by atoms with van der Waals surface area (Å²) in [6.45, 7) is 0. The molecule has 20 heavy (non-hydrogen) atoms. The molecule has 0 aliphatic carbocycles. The smallest absolute Gasteiger partial charge is 0.124 e. The van der Waals surface area contributed by atoms with Gasteiger partial charge in [-0.2, -0.15) is 0 Å². The number of halogens is 1. The Balaban J connectivity index is 1.91. The van der Waals surface area contributed by atoms with Gasteiger partial charge in [0.2, 0.25) is 0 Å². The summed E-state index contributed by atoms with van der Waals surface area (Å²) >= 11 is 5.24. The van der Waals surface area contributed by atoms with Gasteiger partial charge in [0.05, 0.1) is 10.2 Å². The van der Waals surface area contributed by atoms with Gasteiger partial charge < -0.3 is 4.57 Å². The lowest BCUT2D eigenvalue weighted by atomic mass is 10.1. The Hall–Kier alpha value is -1.65. The molecule has 0 N–H and O–H groups in total. The minimum atomic E-state index is 1.06. The summed E-state index contributed by atoms with van der Waals surface area (Å²) in [4.78, 5) is 4.73. The molecule has 0 unspecified atom stereocenters. The van der Waals surface area contributed by atoms with Crippen LogP contribution >= 0.6 is 27.3 Å². The van der Waals surface area contributed by atoms with Crippen LogP contribution in [0.4, 0.5) is 0 Å². The van der Waals surface area contributed by atoms with Crippen LogP contribution in [0.15, 0.2) is 53.1 Å². The zero-order valence-electron chi connectivity index (χ0n) is 10.8. The second-order valence-electron chi connectivity index (χ2n) is 4.83. The lowest BCUT2D eigenvalue weighted by Gasteiger charge is -1.99. The highest BCUT2D eigenvalue weighted by molar-refractivity contribution is 9.10. The third-order valence-electron chi connectivity index (χ3n) is 3.48. The maximum atomic E-state index is 4.73. The van der Waals surface area contributed by atoms with E-state index in [4.69, 9.17) is 4.98 Å². The van der Waals surface area contributed by atoms with Gasteiger partial charge in [-0.1, -0.05) is 15.9 Å². The molecule has 4 aromatic rings. The number of thiazole rings is 1. The van der Waals surface area contributed by atoms with Crippen molar-refractivity contribution in [3.63, 3.8) is 0 Å². The van der Waals surface area contributed by atoms with E-state index in [1.165, 1.54) is 21.2 Å². The van der Waals surface area contributed by atoms with Gasteiger partial charge in [0.1, 0.15) is 5.01 Å². The van der Waals surface area contributed by atoms with Gasteiger partial charge >= 0.3 is 0 Å². The molecule has 98 valence electrons. The number of rotatable bonds is 1. The molecule has 2 aromatic carbocycles. The van der Waals surface area contributed by atoms with E-state index < -0.39 is 0 Å². The van der Waals surface area contributed by atoms with Crippen molar-refractivity contribution < 1.29 is 0 Å². The Bertz CT molecular complexity index is 936. The highest BCUT2D eigenvalue weighted by atomic mass is 79.9. The monoisotopic (exact) mass is 342 g/mol. The number of aryl methyl sites for hydroxylation is 1. The maximum absolute atomic E-state index is 4.73. The molecule has 4 rings (SSSR count). The topological polar surface area (TPSA) is 17.8 Å². The highest BCUT2D eigenvalue weighted by Crippen LogP contribution is 2.33. The molecule has 0 amide bonds. The number of aromatic nitrogens is 2. The molecule has 0 aliphatic rings. The predicted octanol–water partition coefficient (Wildman–Crippen LogP) is 5.22. The van der Waals surface area contributed by atoms with Crippen molar-refractivity contribution in [1.29, 1.82) is 0 Å². The van der Waals surface area contributed by atoms with E-state index in [-0.39, 0.29) is 0 Å². The molecule has 0 aliphatic heterocycles. The molecule has 2 aromatic heterocycles. The van der Waals surface area contributed by atoms with Gasteiger partial charge in [0, 0.05) is 34.2 Å². The average molecular weight is 343 g/mol. The van der Waals surface area contributed by atoms with E-state index >= 15 is 0 Å². The van der Waals surface area contributed by atoms with Crippen molar-refractivity contribution in [1.82, 2.24) is 9.55 Å². The maximum Gasteiger partial charge on any atom is 0.124 e. The first-order valence-electron chi connectivity index (χ1n) is 6.32. The normalized spacial score (nSPS) is 11.5. The van der Waals surface area contributed by atoms with Crippen LogP contribution in [0.1, 0.15) is 0 Å². The fraction of sp³-hybridized carbons (Fsp3) is 0.0625. The van der Waals surface area contributed by atoms with E-state index in [1.807, 2.05) is 6.07 Å². The summed E-state index contributed by atoms with van der Waals surface area (Å²) in [5, 5.41) is 2.33. The second kappa shape index (κ2) is 4.43. The SMILES string of the molecule is Cn1ccc2cc(-c3nc4ccc(Br)cc4s3)ccc21. The van der Waals surface area contributed by atoms with Crippen LogP contribution in [0.2, 0.25) is 0 Å². The number of hydrogen-bond donors (Lipinski definition) is 0. The third kappa shape index (κ3) is 1.87. The molecule has 2 nitrogen and oxygen atoms in total. The second-order valence-corrected chi connectivity index (χ2v) is 6.78. The van der Waals surface area contributed by atoms with Crippen molar-refractivity contribution in [3.8, 4) is 10.6 Å². The molecule has 4 heteroatoms. The third-order valence-corrected chi connectivity index (χ3v) is 5.04.